The molecule has 0 aliphatic rings. The summed E-state index contributed by atoms with van der Waals surface area (Å²) >= 11 is 0. The summed E-state index contributed by atoms with van der Waals surface area (Å²) in [5.41, 5.74) is 3.14. The van der Waals surface area contributed by atoms with Crippen LogP contribution < -0.4 is 5.32 Å². The number of aryl methyl sites for hydroxylation is 2. The molecule has 2 aromatic rings. The topological polar surface area (TPSA) is 12.0 Å². The molecule has 0 aromatic heterocycles. The highest BCUT2D eigenvalue weighted by atomic mass is 19.2. The second kappa shape index (κ2) is 5.34. The Morgan fingerprint density at radius 3 is 2.37 bits per heavy atom. The molecule has 0 aliphatic heterocycles. The SMILES string of the molecule is Cc1ccc(CNc2ccc(F)c(F)c2F)c(C)c1. The highest BCUT2D eigenvalue weighted by molar-refractivity contribution is 5.46. The van der Waals surface area contributed by atoms with E-state index in [1.54, 1.807) is 0 Å². The fourth-order valence-electron chi connectivity index (χ4n) is 1.90. The summed E-state index contributed by atoms with van der Waals surface area (Å²) in [6.07, 6.45) is 0. The van der Waals surface area contributed by atoms with Gasteiger partial charge in [0.15, 0.2) is 17.5 Å². The van der Waals surface area contributed by atoms with E-state index in [4.69, 9.17) is 0 Å². The van der Waals surface area contributed by atoms with Gasteiger partial charge in [0.1, 0.15) is 0 Å². The molecule has 2 rings (SSSR count). The standard InChI is InChI=1S/C15H14F3N/c1-9-3-4-11(10(2)7-9)8-19-13-6-5-12(16)14(17)15(13)18/h3-7,19H,8H2,1-2H3. The summed E-state index contributed by atoms with van der Waals surface area (Å²) in [7, 11) is 0. The lowest BCUT2D eigenvalue weighted by Crippen LogP contribution is -2.05. The molecule has 0 unspecified atom stereocenters. The van der Waals surface area contributed by atoms with Gasteiger partial charge < -0.3 is 5.32 Å². The first-order valence-corrected chi connectivity index (χ1v) is 5.92. The summed E-state index contributed by atoms with van der Waals surface area (Å²) in [5.74, 6) is -3.83. The molecular weight excluding hydrogens is 251 g/mol. The largest absolute Gasteiger partial charge is 0.378 e. The molecule has 1 N–H and O–H groups in total. The molecule has 2 aromatic carbocycles. The van der Waals surface area contributed by atoms with E-state index in [-0.39, 0.29) is 5.69 Å². The molecular formula is C15H14F3N. The van der Waals surface area contributed by atoms with Crippen LogP contribution in [0.3, 0.4) is 0 Å². The Morgan fingerprint density at radius 1 is 0.947 bits per heavy atom. The summed E-state index contributed by atoms with van der Waals surface area (Å²) in [6.45, 7) is 4.29. The van der Waals surface area contributed by atoms with Crippen LogP contribution in [-0.4, -0.2) is 0 Å². The van der Waals surface area contributed by atoms with Crippen LogP contribution in [0.4, 0.5) is 18.9 Å². The molecule has 0 bridgehead atoms. The number of nitrogens with one attached hydrogen (secondary N) is 1. The van der Waals surface area contributed by atoms with Gasteiger partial charge in [0.05, 0.1) is 5.69 Å². The number of halogens is 3. The molecule has 0 saturated carbocycles. The van der Waals surface area contributed by atoms with Gasteiger partial charge in [0, 0.05) is 6.54 Å². The van der Waals surface area contributed by atoms with Crippen LogP contribution >= 0.6 is 0 Å². The lowest BCUT2D eigenvalue weighted by molar-refractivity contribution is 0.449. The third-order valence-corrected chi connectivity index (χ3v) is 3.00. The van der Waals surface area contributed by atoms with Crippen molar-refractivity contribution in [3.63, 3.8) is 0 Å². The Morgan fingerprint density at radius 2 is 1.68 bits per heavy atom. The third-order valence-electron chi connectivity index (χ3n) is 3.00. The van der Waals surface area contributed by atoms with Gasteiger partial charge in [0.2, 0.25) is 0 Å². The average molecular weight is 265 g/mol. The van der Waals surface area contributed by atoms with Gasteiger partial charge >= 0.3 is 0 Å². The first-order valence-electron chi connectivity index (χ1n) is 5.92. The van der Waals surface area contributed by atoms with Gasteiger partial charge in [-0.05, 0) is 37.1 Å². The quantitative estimate of drug-likeness (QED) is 0.814. The fraction of sp³-hybridized carbons (Fsp3) is 0.200. The van der Waals surface area contributed by atoms with Gasteiger partial charge in [-0.15, -0.1) is 0 Å². The second-order valence-electron chi connectivity index (χ2n) is 4.51. The molecule has 0 aliphatic carbocycles. The Labute approximate surface area is 110 Å². The molecule has 0 fully saturated rings. The lowest BCUT2D eigenvalue weighted by atomic mass is 10.1. The minimum atomic E-state index is -1.45. The number of benzene rings is 2. The molecule has 4 heteroatoms. The molecule has 0 heterocycles. The van der Waals surface area contributed by atoms with Crippen LogP contribution in [0, 0.1) is 31.3 Å². The average Bonchev–Trinajstić information content (AvgIpc) is 2.37. The van der Waals surface area contributed by atoms with Crippen LogP contribution in [0.1, 0.15) is 16.7 Å². The van der Waals surface area contributed by atoms with Gasteiger partial charge in [0.25, 0.3) is 0 Å². The normalized spacial score (nSPS) is 10.6. The predicted octanol–water partition coefficient (Wildman–Crippen LogP) is 4.33. The van der Waals surface area contributed by atoms with Crippen molar-refractivity contribution in [2.24, 2.45) is 0 Å². The van der Waals surface area contributed by atoms with Gasteiger partial charge in [-0.3, -0.25) is 0 Å². The zero-order valence-electron chi connectivity index (χ0n) is 10.7. The van der Waals surface area contributed by atoms with E-state index in [1.165, 1.54) is 6.07 Å². The van der Waals surface area contributed by atoms with Crippen LogP contribution in [0.2, 0.25) is 0 Å². The maximum absolute atomic E-state index is 13.5. The van der Waals surface area contributed by atoms with Crippen molar-refractivity contribution in [3.8, 4) is 0 Å². The van der Waals surface area contributed by atoms with Crippen molar-refractivity contribution in [2.75, 3.05) is 5.32 Å². The summed E-state index contributed by atoms with van der Waals surface area (Å²) in [4.78, 5) is 0. The van der Waals surface area contributed by atoms with Gasteiger partial charge in [-0.2, -0.15) is 0 Å². The Kier molecular flexibility index (Phi) is 3.79. The van der Waals surface area contributed by atoms with E-state index < -0.39 is 17.5 Å². The monoisotopic (exact) mass is 265 g/mol. The molecule has 1 nitrogen and oxygen atoms in total. The minimum Gasteiger partial charge on any atom is -0.378 e. The molecule has 0 atom stereocenters. The molecule has 0 saturated heterocycles. The first-order chi connectivity index (χ1) is 8.99. The van der Waals surface area contributed by atoms with Crippen LogP contribution in [0.15, 0.2) is 30.3 Å². The Bertz CT molecular complexity index is 609. The van der Waals surface area contributed by atoms with E-state index in [0.717, 1.165) is 22.8 Å². The number of hydrogen-bond donors (Lipinski definition) is 1. The smallest absolute Gasteiger partial charge is 0.196 e. The van der Waals surface area contributed by atoms with Crippen LogP contribution in [0.25, 0.3) is 0 Å². The Hall–Kier alpha value is -1.97. The van der Waals surface area contributed by atoms with Gasteiger partial charge in [-0.1, -0.05) is 23.8 Å². The molecule has 0 radical (unpaired) electrons. The molecule has 19 heavy (non-hydrogen) atoms. The second-order valence-corrected chi connectivity index (χ2v) is 4.51. The highest BCUT2D eigenvalue weighted by Crippen LogP contribution is 2.21. The van der Waals surface area contributed by atoms with Crippen molar-refractivity contribution in [1.82, 2.24) is 0 Å². The van der Waals surface area contributed by atoms with E-state index in [9.17, 15) is 13.2 Å². The van der Waals surface area contributed by atoms with Crippen molar-refractivity contribution in [1.29, 1.82) is 0 Å². The summed E-state index contributed by atoms with van der Waals surface area (Å²) in [6, 6.07) is 7.99. The van der Waals surface area contributed by atoms with Crippen molar-refractivity contribution < 1.29 is 13.2 Å². The lowest BCUT2D eigenvalue weighted by Gasteiger charge is -2.11. The molecule has 0 spiro atoms. The van der Waals surface area contributed by atoms with E-state index in [0.29, 0.717) is 6.54 Å². The molecule has 0 amide bonds. The maximum atomic E-state index is 13.5. The summed E-state index contributed by atoms with van der Waals surface area (Å²) < 4.78 is 39.3. The number of rotatable bonds is 3. The van der Waals surface area contributed by atoms with Crippen molar-refractivity contribution in [2.45, 2.75) is 20.4 Å². The Balaban J connectivity index is 2.17. The molecule has 100 valence electrons. The fourth-order valence-corrected chi connectivity index (χ4v) is 1.90. The van der Waals surface area contributed by atoms with Gasteiger partial charge in [-0.25, -0.2) is 13.2 Å². The zero-order valence-corrected chi connectivity index (χ0v) is 10.7. The predicted molar refractivity (Wildman–Crippen MR) is 69.6 cm³/mol. The highest BCUT2D eigenvalue weighted by Gasteiger charge is 2.13. The zero-order chi connectivity index (χ0) is 14.0. The number of hydrogen-bond acceptors (Lipinski definition) is 1. The van der Waals surface area contributed by atoms with E-state index in [1.807, 2.05) is 32.0 Å². The summed E-state index contributed by atoms with van der Waals surface area (Å²) in [5, 5.41) is 2.78. The minimum absolute atomic E-state index is 0.0427. The van der Waals surface area contributed by atoms with E-state index in [2.05, 4.69) is 5.32 Å². The number of anilines is 1. The van der Waals surface area contributed by atoms with Crippen molar-refractivity contribution >= 4 is 5.69 Å². The van der Waals surface area contributed by atoms with Crippen LogP contribution in [0.5, 0.6) is 0 Å². The first kappa shape index (κ1) is 13.5. The van der Waals surface area contributed by atoms with Crippen LogP contribution in [-0.2, 0) is 6.54 Å². The third kappa shape index (κ3) is 2.89. The van der Waals surface area contributed by atoms with E-state index >= 15 is 0 Å². The van der Waals surface area contributed by atoms with Crippen molar-refractivity contribution in [3.05, 3.63) is 64.5 Å². The maximum Gasteiger partial charge on any atom is 0.196 e.